The fourth-order valence-electron chi connectivity index (χ4n) is 2.69. The van der Waals surface area contributed by atoms with E-state index in [1.54, 1.807) is 0 Å². The minimum Gasteiger partial charge on any atom is -0.370 e. The molecule has 0 aromatic carbocycles. The molecule has 1 saturated carbocycles. The molecule has 20 heavy (non-hydrogen) atoms. The van der Waals surface area contributed by atoms with E-state index >= 15 is 0 Å². The average Bonchev–Trinajstić information content (AvgIpc) is 2.86. The van der Waals surface area contributed by atoms with E-state index in [2.05, 4.69) is 24.0 Å². The minimum atomic E-state index is -0.139. The Kier molecular flexibility index (Phi) is 5.29. The normalized spacial score (nSPS) is 21.4. The molecular weight excluding hydrogens is 256 g/mol. The highest BCUT2D eigenvalue weighted by Crippen LogP contribution is 2.26. The first-order valence-electron chi connectivity index (χ1n) is 7.58. The van der Waals surface area contributed by atoms with E-state index in [0.717, 1.165) is 19.3 Å². The van der Waals surface area contributed by atoms with Crippen LogP contribution in [0.25, 0.3) is 0 Å². The summed E-state index contributed by atoms with van der Waals surface area (Å²) in [6.07, 6.45) is 4.20. The zero-order valence-corrected chi connectivity index (χ0v) is 12.6. The zero-order chi connectivity index (χ0) is 14.5. The quantitative estimate of drug-likeness (QED) is 0.801. The summed E-state index contributed by atoms with van der Waals surface area (Å²) >= 11 is 0. The molecule has 0 radical (unpaired) electrons. The molecule has 0 N–H and O–H groups in total. The number of ketones is 1. The molecule has 2 unspecified atom stereocenters. The Morgan fingerprint density at radius 1 is 1.40 bits per heavy atom. The number of rotatable bonds is 6. The van der Waals surface area contributed by atoms with Gasteiger partial charge in [-0.15, -0.1) is 0 Å². The first kappa shape index (κ1) is 15.2. The lowest BCUT2D eigenvalue weighted by Crippen LogP contribution is -2.21. The van der Waals surface area contributed by atoms with Crippen LogP contribution in [0, 0.1) is 11.8 Å². The van der Waals surface area contributed by atoms with E-state index < -0.39 is 0 Å². The molecule has 2 rings (SSSR count). The Morgan fingerprint density at radius 2 is 2.20 bits per heavy atom. The number of carbonyl (C=O) groups excluding carboxylic acids is 1. The summed E-state index contributed by atoms with van der Waals surface area (Å²) < 4.78 is 11.0. The number of carbonyl (C=O) groups is 1. The fraction of sp³-hybridized carbons (Fsp3) is 0.800. The maximum Gasteiger partial charge on any atom is 0.227 e. The summed E-state index contributed by atoms with van der Waals surface area (Å²) in [7, 11) is 0. The molecule has 0 amide bonds. The third-order valence-electron chi connectivity index (χ3n) is 3.79. The molecule has 5 heteroatoms. The van der Waals surface area contributed by atoms with Gasteiger partial charge in [0.15, 0.2) is 0 Å². The van der Waals surface area contributed by atoms with Crippen molar-refractivity contribution in [3.8, 4) is 0 Å². The van der Waals surface area contributed by atoms with Gasteiger partial charge in [-0.05, 0) is 25.7 Å². The number of ether oxygens (including phenoxy) is 1. The van der Waals surface area contributed by atoms with Crippen molar-refractivity contribution in [1.82, 2.24) is 10.1 Å². The van der Waals surface area contributed by atoms with E-state index in [4.69, 9.17) is 9.26 Å². The Bertz CT molecular complexity index is 442. The van der Waals surface area contributed by atoms with Crippen LogP contribution in [-0.4, -0.2) is 22.5 Å². The first-order valence-corrected chi connectivity index (χ1v) is 7.58. The average molecular weight is 280 g/mol. The summed E-state index contributed by atoms with van der Waals surface area (Å²) in [4.78, 5) is 16.3. The monoisotopic (exact) mass is 280 g/mol. The van der Waals surface area contributed by atoms with Crippen LogP contribution in [0.5, 0.6) is 0 Å². The van der Waals surface area contributed by atoms with Gasteiger partial charge in [-0.3, -0.25) is 4.79 Å². The van der Waals surface area contributed by atoms with Crippen LogP contribution >= 0.6 is 0 Å². The van der Waals surface area contributed by atoms with Crippen LogP contribution in [0.15, 0.2) is 4.52 Å². The molecule has 1 aliphatic carbocycles. The van der Waals surface area contributed by atoms with Crippen LogP contribution in [0.1, 0.15) is 64.3 Å². The fourth-order valence-corrected chi connectivity index (χ4v) is 2.69. The van der Waals surface area contributed by atoms with Gasteiger partial charge in [-0.25, -0.2) is 0 Å². The molecule has 5 nitrogen and oxygen atoms in total. The van der Waals surface area contributed by atoms with E-state index in [1.165, 1.54) is 0 Å². The third kappa shape index (κ3) is 3.66. The van der Waals surface area contributed by atoms with Crippen molar-refractivity contribution in [3.05, 3.63) is 11.7 Å². The molecule has 1 fully saturated rings. The predicted octanol–water partition coefficient (Wildman–Crippen LogP) is 3.11. The number of hydrogen-bond donors (Lipinski definition) is 0. The van der Waals surface area contributed by atoms with Gasteiger partial charge in [0.05, 0.1) is 0 Å². The summed E-state index contributed by atoms with van der Waals surface area (Å²) in [5.74, 6) is 1.84. The van der Waals surface area contributed by atoms with E-state index in [0.29, 0.717) is 36.9 Å². The molecule has 0 bridgehead atoms. The van der Waals surface area contributed by atoms with Gasteiger partial charge in [0.2, 0.25) is 11.7 Å². The van der Waals surface area contributed by atoms with E-state index in [9.17, 15) is 4.79 Å². The highest BCUT2D eigenvalue weighted by Gasteiger charge is 2.27. The largest absolute Gasteiger partial charge is 0.370 e. The Balaban J connectivity index is 2.02. The minimum absolute atomic E-state index is 0.0571. The molecule has 0 saturated heterocycles. The smallest absolute Gasteiger partial charge is 0.227 e. The molecule has 1 aliphatic rings. The highest BCUT2D eigenvalue weighted by molar-refractivity contribution is 5.81. The van der Waals surface area contributed by atoms with E-state index in [1.807, 2.05) is 6.92 Å². The second kappa shape index (κ2) is 6.97. The molecule has 2 atom stereocenters. The van der Waals surface area contributed by atoms with Crippen molar-refractivity contribution in [1.29, 1.82) is 0 Å². The van der Waals surface area contributed by atoms with Crippen molar-refractivity contribution >= 4 is 5.78 Å². The highest BCUT2D eigenvalue weighted by atomic mass is 16.5. The van der Waals surface area contributed by atoms with E-state index in [-0.39, 0.29) is 17.9 Å². The molecule has 0 aliphatic heterocycles. The van der Waals surface area contributed by atoms with Gasteiger partial charge in [0, 0.05) is 25.4 Å². The third-order valence-corrected chi connectivity index (χ3v) is 3.79. The number of nitrogens with zero attached hydrogens (tertiary/aromatic N) is 2. The number of hydrogen-bond acceptors (Lipinski definition) is 5. The Hall–Kier alpha value is -1.23. The zero-order valence-electron chi connectivity index (χ0n) is 12.6. The van der Waals surface area contributed by atoms with Gasteiger partial charge < -0.3 is 9.26 Å². The van der Waals surface area contributed by atoms with Crippen LogP contribution in [0.3, 0.4) is 0 Å². The van der Waals surface area contributed by atoms with Crippen molar-refractivity contribution < 1.29 is 14.1 Å². The lowest BCUT2D eigenvalue weighted by molar-refractivity contribution is -0.124. The maximum absolute atomic E-state index is 11.8. The van der Waals surface area contributed by atoms with Crippen LogP contribution in [-0.2, 0) is 16.0 Å². The van der Waals surface area contributed by atoms with Gasteiger partial charge in [-0.1, -0.05) is 25.4 Å². The maximum atomic E-state index is 11.8. The Morgan fingerprint density at radius 3 is 2.85 bits per heavy atom. The predicted molar refractivity (Wildman–Crippen MR) is 74.2 cm³/mol. The SMILES string of the molecule is CCOC(c1noc(CC2CCCCC2=O)n1)C(C)C. The van der Waals surface area contributed by atoms with Crippen LogP contribution in [0.2, 0.25) is 0 Å². The molecular formula is C15H24N2O3. The van der Waals surface area contributed by atoms with Crippen LogP contribution in [0.4, 0.5) is 0 Å². The van der Waals surface area contributed by atoms with Gasteiger partial charge >= 0.3 is 0 Å². The number of aromatic nitrogens is 2. The summed E-state index contributed by atoms with van der Waals surface area (Å²) in [5.41, 5.74) is 0. The van der Waals surface area contributed by atoms with Crippen molar-refractivity contribution in [3.63, 3.8) is 0 Å². The van der Waals surface area contributed by atoms with Gasteiger partial charge in [0.25, 0.3) is 0 Å². The lowest BCUT2D eigenvalue weighted by atomic mass is 9.86. The lowest BCUT2D eigenvalue weighted by Gasteiger charge is -2.18. The second-order valence-electron chi connectivity index (χ2n) is 5.78. The first-order chi connectivity index (χ1) is 9.61. The number of Topliss-reactive ketones (excluding diaryl/α,β-unsaturated/α-hetero) is 1. The standard InChI is InChI=1S/C15H24N2O3/c1-4-19-14(10(2)3)15-16-13(20-17-15)9-11-7-5-6-8-12(11)18/h10-11,14H,4-9H2,1-3H3. The molecule has 0 spiro atoms. The van der Waals surface area contributed by atoms with Crippen molar-refractivity contribution in [2.45, 2.75) is 59.0 Å². The van der Waals surface area contributed by atoms with Crippen LogP contribution < -0.4 is 0 Å². The molecule has 1 aromatic rings. The van der Waals surface area contributed by atoms with Crippen molar-refractivity contribution in [2.75, 3.05) is 6.61 Å². The second-order valence-corrected chi connectivity index (χ2v) is 5.78. The Labute approximate surface area is 120 Å². The molecule has 112 valence electrons. The van der Waals surface area contributed by atoms with Gasteiger partial charge in [-0.2, -0.15) is 4.98 Å². The van der Waals surface area contributed by atoms with Crippen molar-refractivity contribution in [2.24, 2.45) is 11.8 Å². The topological polar surface area (TPSA) is 65.2 Å². The van der Waals surface area contributed by atoms with Gasteiger partial charge in [0.1, 0.15) is 11.9 Å². The molecule has 1 aromatic heterocycles. The summed E-state index contributed by atoms with van der Waals surface area (Å²) in [5, 5.41) is 4.02. The summed E-state index contributed by atoms with van der Waals surface area (Å²) in [6, 6.07) is 0. The molecule has 1 heterocycles. The summed E-state index contributed by atoms with van der Waals surface area (Å²) in [6.45, 7) is 6.72.